The molecule has 0 fully saturated rings. The van der Waals surface area contributed by atoms with Crippen LogP contribution in [0, 0.1) is 6.42 Å². The lowest BCUT2D eigenvalue weighted by Crippen LogP contribution is -2.12. The molecule has 1 radical (unpaired) electrons. The topological polar surface area (TPSA) is 29.3 Å². The van der Waals surface area contributed by atoms with E-state index in [4.69, 9.17) is 5.73 Å². The lowest BCUT2D eigenvalue weighted by Gasteiger charge is -2.07. The molecular formula is C8H19N2. The van der Waals surface area contributed by atoms with Gasteiger partial charge in [0.25, 0.3) is 0 Å². The van der Waals surface area contributed by atoms with Crippen LogP contribution in [0.1, 0.15) is 19.3 Å². The van der Waals surface area contributed by atoms with Crippen molar-refractivity contribution < 1.29 is 0 Å². The van der Waals surface area contributed by atoms with E-state index in [1.165, 1.54) is 19.4 Å². The SMILES string of the molecule is CN(C)CCC[CH]CCN. The number of nitrogens with zero attached hydrogens (tertiary/aromatic N) is 1. The van der Waals surface area contributed by atoms with Gasteiger partial charge in [-0.15, -0.1) is 0 Å². The number of hydrogen-bond donors (Lipinski definition) is 1. The van der Waals surface area contributed by atoms with E-state index in [-0.39, 0.29) is 0 Å². The Labute approximate surface area is 64.4 Å². The maximum Gasteiger partial charge on any atom is -0.00247 e. The smallest absolute Gasteiger partial charge is 0.00247 e. The molecule has 0 aromatic rings. The molecule has 0 atom stereocenters. The molecule has 0 aromatic heterocycles. The summed E-state index contributed by atoms with van der Waals surface area (Å²) in [4.78, 5) is 2.20. The van der Waals surface area contributed by atoms with E-state index in [0.717, 1.165) is 13.0 Å². The molecular weight excluding hydrogens is 124 g/mol. The first-order valence-electron chi connectivity index (χ1n) is 3.94. The Morgan fingerprint density at radius 1 is 1.30 bits per heavy atom. The number of hydrogen-bond acceptors (Lipinski definition) is 2. The fourth-order valence-corrected chi connectivity index (χ4v) is 0.814. The van der Waals surface area contributed by atoms with Gasteiger partial charge in [0.2, 0.25) is 0 Å². The third-order valence-corrected chi connectivity index (χ3v) is 1.38. The van der Waals surface area contributed by atoms with Crippen LogP contribution in [0.4, 0.5) is 0 Å². The van der Waals surface area contributed by atoms with Crippen molar-refractivity contribution in [1.82, 2.24) is 4.90 Å². The maximum absolute atomic E-state index is 5.33. The fourth-order valence-electron chi connectivity index (χ4n) is 0.814. The second-order valence-electron chi connectivity index (χ2n) is 2.81. The molecule has 0 saturated heterocycles. The van der Waals surface area contributed by atoms with Crippen LogP contribution in [0.2, 0.25) is 0 Å². The monoisotopic (exact) mass is 143 g/mol. The Bertz CT molecular complexity index is 62.3. The zero-order valence-corrected chi connectivity index (χ0v) is 7.14. The Morgan fingerprint density at radius 2 is 2.00 bits per heavy atom. The molecule has 0 rings (SSSR count). The highest BCUT2D eigenvalue weighted by Gasteiger charge is 1.90. The second kappa shape index (κ2) is 7.03. The zero-order valence-electron chi connectivity index (χ0n) is 7.14. The second-order valence-corrected chi connectivity index (χ2v) is 2.81. The summed E-state index contributed by atoms with van der Waals surface area (Å²) in [6.07, 6.45) is 5.79. The molecule has 10 heavy (non-hydrogen) atoms. The average Bonchev–Trinajstić information content (AvgIpc) is 1.87. The third kappa shape index (κ3) is 7.92. The number of rotatable bonds is 6. The Hall–Kier alpha value is -0.0800. The molecule has 0 heterocycles. The van der Waals surface area contributed by atoms with E-state index in [1.54, 1.807) is 0 Å². The van der Waals surface area contributed by atoms with E-state index in [9.17, 15) is 0 Å². The molecule has 0 aliphatic heterocycles. The van der Waals surface area contributed by atoms with Gasteiger partial charge in [-0.05, 0) is 52.9 Å². The summed E-state index contributed by atoms with van der Waals surface area (Å²) < 4.78 is 0. The van der Waals surface area contributed by atoms with Crippen LogP contribution in [-0.4, -0.2) is 32.1 Å². The van der Waals surface area contributed by atoms with Crippen molar-refractivity contribution in [2.45, 2.75) is 19.3 Å². The molecule has 0 bridgehead atoms. The third-order valence-electron chi connectivity index (χ3n) is 1.38. The van der Waals surface area contributed by atoms with Gasteiger partial charge in [0, 0.05) is 0 Å². The first kappa shape index (κ1) is 9.92. The van der Waals surface area contributed by atoms with Crippen LogP contribution in [-0.2, 0) is 0 Å². The lowest BCUT2D eigenvalue weighted by atomic mass is 10.2. The summed E-state index contributed by atoms with van der Waals surface area (Å²) >= 11 is 0. The van der Waals surface area contributed by atoms with Crippen molar-refractivity contribution >= 4 is 0 Å². The Balaban J connectivity index is 2.77. The molecule has 0 saturated carbocycles. The van der Waals surface area contributed by atoms with Gasteiger partial charge < -0.3 is 10.6 Å². The minimum absolute atomic E-state index is 0.794. The van der Waals surface area contributed by atoms with E-state index >= 15 is 0 Å². The normalized spacial score (nSPS) is 10.8. The molecule has 2 heteroatoms. The van der Waals surface area contributed by atoms with Crippen molar-refractivity contribution in [3.05, 3.63) is 6.42 Å². The van der Waals surface area contributed by atoms with Crippen LogP contribution < -0.4 is 5.73 Å². The van der Waals surface area contributed by atoms with Crippen molar-refractivity contribution in [3.63, 3.8) is 0 Å². The summed E-state index contributed by atoms with van der Waals surface area (Å²) in [5, 5.41) is 0. The van der Waals surface area contributed by atoms with Gasteiger partial charge in [-0.1, -0.05) is 0 Å². The van der Waals surface area contributed by atoms with Crippen molar-refractivity contribution in [2.24, 2.45) is 5.73 Å². The summed E-state index contributed by atoms with van der Waals surface area (Å²) in [5.74, 6) is 0. The number of nitrogens with two attached hydrogens (primary N) is 1. The summed E-state index contributed by atoms with van der Waals surface area (Å²) in [7, 11) is 4.20. The highest BCUT2D eigenvalue weighted by Crippen LogP contribution is 1.96. The Kier molecular flexibility index (Phi) is 6.98. The highest BCUT2D eigenvalue weighted by molar-refractivity contribution is 4.64. The van der Waals surface area contributed by atoms with Crippen LogP contribution >= 0.6 is 0 Å². The van der Waals surface area contributed by atoms with E-state index in [2.05, 4.69) is 25.4 Å². The maximum atomic E-state index is 5.33. The van der Waals surface area contributed by atoms with Gasteiger partial charge in [0.1, 0.15) is 0 Å². The van der Waals surface area contributed by atoms with Crippen LogP contribution in [0.5, 0.6) is 0 Å². The quantitative estimate of drug-likeness (QED) is 0.559. The van der Waals surface area contributed by atoms with Gasteiger partial charge in [-0.25, -0.2) is 0 Å². The van der Waals surface area contributed by atoms with E-state index in [1.807, 2.05) is 0 Å². The van der Waals surface area contributed by atoms with Crippen molar-refractivity contribution in [2.75, 3.05) is 27.2 Å². The fraction of sp³-hybridized carbons (Fsp3) is 0.875. The minimum Gasteiger partial charge on any atom is -0.330 e. The van der Waals surface area contributed by atoms with Gasteiger partial charge in [0.15, 0.2) is 0 Å². The molecule has 2 nitrogen and oxygen atoms in total. The first-order chi connectivity index (χ1) is 4.77. The molecule has 2 N–H and O–H groups in total. The molecule has 0 aromatic carbocycles. The average molecular weight is 143 g/mol. The summed E-state index contributed by atoms with van der Waals surface area (Å²) in [6, 6.07) is 0. The highest BCUT2D eigenvalue weighted by atomic mass is 15.0. The summed E-state index contributed by atoms with van der Waals surface area (Å²) in [6.45, 7) is 1.98. The first-order valence-corrected chi connectivity index (χ1v) is 3.94. The molecule has 0 unspecified atom stereocenters. The van der Waals surface area contributed by atoms with Crippen LogP contribution in [0.3, 0.4) is 0 Å². The van der Waals surface area contributed by atoms with Crippen LogP contribution in [0.25, 0.3) is 0 Å². The lowest BCUT2D eigenvalue weighted by molar-refractivity contribution is 0.399. The predicted molar refractivity (Wildman–Crippen MR) is 45.8 cm³/mol. The van der Waals surface area contributed by atoms with Crippen LogP contribution in [0.15, 0.2) is 0 Å². The molecule has 61 valence electrons. The van der Waals surface area contributed by atoms with Crippen molar-refractivity contribution in [3.8, 4) is 0 Å². The largest absolute Gasteiger partial charge is 0.330 e. The zero-order chi connectivity index (χ0) is 7.82. The van der Waals surface area contributed by atoms with Gasteiger partial charge in [-0.2, -0.15) is 0 Å². The number of unbranched alkanes of at least 4 members (excludes halogenated alkanes) is 3. The van der Waals surface area contributed by atoms with E-state index < -0.39 is 0 Å². The Morgan fingerprint density at radius 3 is 2.50 bits per heavy atom. The van der Waals surface area contributed by atoms with Crippen molar-refractivity contribution in [1.29, 1.82) is 0 Å². The minimum atomic E-state index is 0.794. The summed E-state index contributed by atoms with van der Waals surface area (Å²) in [5.41, 5.74) is 5.33. The van der Waals surface area contributed by atoms with Gasteiger partial charge in [0.05, 0.1) is 0 Å². The molecule has 0 aliphatic rings. The van der Waals surface area contributed by atoms with E-state index in [0.29, 0.717) is 0 Å². The predicted octanol–water partition coefficient (Wildman–Crippen LogP) is 0.881. The molecule has 0 amide bonds. The van der Waals surface area contributed by atoms with Gasteiger partial charge >= 0.3 is 0 Å². The molecule has 0 spiro atoms. The standard InChI is InChI=1S/C8H19N2/c1-10(2)8-6-4-3-5-7-9/h3H,4-9H2,1-2H3. The van der Waals surface area contributed by atoms with Gasteiger partial charge in [-0.3, -0.25) is 0 Å². The molecule has 0 aliphatic carbocycles.